The molecule has 0 aromatic carbocycles. The van der Waals surface area contributed by atoms with E-state index in [1.54, 1.807) is 6.33 Å². The first kappa shape index (κ1) is 6.73. The zero-order valence-electron chi connectivity index (χ0n) is 6.38. The smallest absolute Gasteiger partial charge is 0.115 e. The van der Waals surface area contributed by atoms with Crippen LogP contribution in [0.1, 0.15) is 11.3 Å². The zero-order chi connectivity index (χ0) is 7.68. The maximum atomic E-state index is 4.20. The molecule has 0 saturated heterocycles. The van der Waals surface area contributed by atoms with Crippen molar-refractivity contribution < 1.29 is 4.90 Å². The van der Waals surface area contributed by atoms with Crippen LogP contribution in [-0.4, -0.2) is 16.5 Å². The number of nitrogens with one attached hydrogen (secondary N) is 1. The average Bonchev–Trinajstić information content (AvgIpc) is 2.04. The van der Waals surface area contributed by atoms with Crippen LogP contribution in [0, 0.1) is 7.05 Å². The van der Waals surface area contributed by atoms with Crippen LogP contribution < -0.4 is 4.90 Å². The van der Waals surface area contributed by atoms with Crippen LogP contribution in [0.3, 0.4) is 0 Å². The normalized spacial score (nSPS) is 22.8. The van der Waals surface area contributed by atoms with Crippen LogP contribution in [0.5, 0.6) is 0 Å². The summed E-state index contributed by atoms with van der Waals surface area (Å²) in [6.07, 6.45) is 4.58. The summed E-state index contributed by atoms with van der Waals surface area (Å²) in [6.45, 7) is 2.04. The van der Waals surface area contributed by atoms with E-state index in [2.05, 4.69) is 17.0 Å². The van der Waals surface area contributed by atoms with Gasteiger partial charge in [0.15, 0.2) is 0 Å². The molecule has 0 radical (unpaired) electrons. The number of rotatable bonds is 0. The van der Waals surface area contributed by atoms with Gasteiger partial charge in [0.25, 0.3) is 0 Å². The van der Waals surface area contributed by atoms with Crippen LogP contribution >= 0.6 is 0 Å². The lowest BCUT2D eigenvalue weighted by Crippen LogP contribution is -3.06. The van der Waals surface area contributed by atoms with E-state index in [0.717, 1.165) is 25.2 Å². The second kappa shape index (κ2) is 2.58. The summed E-state index contributed by atoms with van der Waals surface area (Å²) in [6, 6.07) is 0. The Morgan fingerprint density at radius 1 is 1.55 bits per heavy atom. The fourth-order valence-corrected chi connectivity index (χ4v) is 1.39. The number of hydrogen-bond donors (Lipinski definition) is 1. The summed E-state index contributed by atoms with van der Waals surface area (Å²) in [5.41, 5.74) is 2.45. The van der Waals surface area contributed by atoms with Crippen LogP contribution in [0.4, 0.5) is 0 Å². The first-order valence-corrected chi connectivity index (χ1v) is 3.80. The Kier molecular flexibility index (Phi) is 1.58. The maximum Gasteiger partial charge on any atom is 0.115 e. The Labute approximate surface area is 66.1 Å². The van der Waals surface area contributed by atoms with Gasteiger partial charge in [0.2, 0.25) is 0 Å². The molecular weight excluding hydrogens is 138 g/mol. The third-order valence-corrected chi connectivity index (χ3v) is 2.05. The van der Waals surface area contributed by atoms with Crippen molar-refractivity contribution in [3.8, 4) is 0 Å². The molecule has 3 heteroatoms. The van der Waals surface area contributed by atoms with Crippen molar-refractivity contribution in [2.24, 2.45) is 0 Å². The van der Waals surface area contributed by atoms with E-state index in [-0.39, 0.29) is 0 Å². The highest BCUT2D eigenvalue weighted by molar-refractivity contribution is 5.16. The molecule has 0 bridgehead atoms. The summed E-state index contributed by atoms with van der Waals surface area (Å²) in [5, 5.41) is 0. The minimum atomic E-state index is 0.942. The number of aromatic nitrogens is 2. The molecule has 3 nitrogen and oxygen atoms in total. The highest BCUT2D eigenvalue weighted by atomic mass is 15.1. The fourth-order valence-electron chi connectivity index (χ4n) is 1.39. The van der Waals surface area contributed by atoms with Crippen molar-refractivity contribution in [2.45, 2.75) is 13.0 Å². The molecule has 1 aliphatic rings. The third-order valence-electron chi connectivity index (χ3n) is 2.05. The van der Waals surface area contributed by atoms with Crippen molar-refractivity contribution in [1.82, 2.24) is 9.97 Å². The predicted molar refractivity (Wildman–Crippen MR) is 40.6 cm³/mol. The molecule has 2 heterocycles. The van der Waals surface area contributed by atoms with Crippen LogP contribution in [0.25, 0.3) is 0 Å². The molecule has 1 unspecified atom stereocenters. The summed E-state index contributed by atoms with van der Waals surface area (Å²) in [4.78, 5) is 9.47. The molecule has 0 spiro atoms. The molecule has 1 N–H and O–H groups in total. The third kappa shape index (κ3) is 1.24. The molecule has 11 heavy (non-hydrogen) atoms. The molecule has 1 atom stereocenters. The van der Waals surface area contributed by atoms with Crippen molar-refractivity contribution in [3.63, 3.8) is 0 Å². The highest BCUT2D eigenvalue weighted by Crippen LogP contribution is 2.04. The van der Waals surface area contributed by atoms with Gasteiger partial charge in [-0.25, -0.2) is 9.97 Å². The van der Waals surface area contributed by atoms with Crippen molar-refractivity contribution >= 4 is 0 Å². The largest absolute Gasteiger partial charge is 0.463 e. The van der Waals surface area contributed by atoms with E-state index in [9.17, 15) is 0 Å². The predicted octanol–water partition coefficient (Wildman–Crippen LogP) is -0.791. The second-order valence-electron chi connectivity index (χ2n) is 2.92. The van der Waals surface area contributed by atoms with Gasteiger partial charge in [-0.3, -0.25) is 0 Å². The maximum absolute atomic E-state index is 4.20. The van der Waals surface area contributed by atoms with E-state index in [1.165, 1.54) is 10.5 Å². The van der Waals surface area contributed by atoms with Crippen molar-refractivity contribution in [1.29, 1.82) is 0 Å². The molecule has 1 aromatic rings. The fraction of sp³-hybridized carbons (Fsp3) is 0.375. The number of fused-ring (bicyclic) bond motifs is 1. The second-order valence-corrected chi connectivity index (χ2v) is 2.92. The first-order chi connectivity index (χ1) is 5.36. The molecule has 1 aromatic heterocycles. The molecule has 0 aliphatic carbocycles. The number of hydrogen-bond acceptors (Lipinski definition) is 2. The summed E-state index contributed by atoms with van der Waals surface area (Å²) in [7, 11) is 3.95. The quantitative estimate of drug-likeness (QED) is 0.490. The minimum Gasteiger partial charge on any atom is -0.463 e. The number of quaternary nitrogens is 1. The van der Waals surface area contributed by atoms with E-state index in [1.807, 2.05) is 6.20 Å². The zero-order valence-corrected chi connectivity index (χ0v) is 6.38. The highest BCUT2D eigenvalue weighted by Gasteiger charge is 2.13. The van der Waals surface area contributed by atoms with Crippen LogP contribution in [0.15, 0.2) is 12.5 Å². The SMILES string of the molecule is [CH2-][NH+]1CCc2cncnc2C1. The van der Waals surface area contributed by atoms with Gasteiger partial charge >= 0.3 is 0 Å². The molecule has 58 valence electrons. The van der Waals surface area contributed by atoms with Crippen LogP contribution in [-0.2, 0) is 13.0 Å². The Morgan fingerprint density at radius 2 is 2.45 bits per heavy atom. The summed E-state index contributed by atoms with van der Waals surface area (Å²) >= 11 is 0. The van der Waals surface area contributed by atoms with Gasteiger partial charge in [0.1, 0.15) is 6.33 Å². The van der Waals surface area contributed by atoms with Gasteiger partial charge in [-0.15, -0.1) is 0 Å². The Hall–Kier alpha value is -0.960. The number of nitrogens with zero attached hydrogens (tertiary/aromatic N) is 2. The molecular formula is C8H11N3. The van der Waals surface area contributed by atoms with Crippen LogP contribution in [0.2, 0.25) is 0 Å². The standard InChI is InChI=1S/C8H11N3/c1-11-3-2-7-4-9-6-10-8(7)5-11/h4,6,11H,1-3,5H2. The summed E-state index contributed by atoms with van der Waals surface area (Å²) in [5.74, 6) is 0. The van der Waals surface area contributed by atoms with E-state index < -0.39 is 0 Å². The Morgan fingerprint density at radius 3 is 3.36 bits per heavy atom. The van der Waals surface area contributed by atoms with Crippen molar-refractivity contribution in [3.05, 3.63) is 30.8 Å². The molecule has 2 rings (SSSR count). The monoisotopic (exact) mass is 149 g/mol. The van der Waals surface area contributed by atoms with Gasteiger partial charge in [0, 0.05) is 18.2 Å². The van der Waals surface area contributed by atoms with Gasteiger partial charge in [-0.05, 0) is 0 Å². The minimum absolute atomic E-state index is 0.942. The first-order valence-electron chi connectivity index (χ1n) is 3.80. The van der Waals surface area contributed by atoms with E-state index in [0.29, 0.717) is 0 Å². The van der Waals surface area contributed by atoms with Gasteiger partial charge in [0.05, 0.1) is 18.8 Å². The van der Waals surface area contributed by atoms with E-state index in [4.69, 9.17) is 0 Å². The lowest BCUT2D eigenvalue weighted by molar-refractivity contribution is -0.870. The van der Waals surface area contributed by atoms with Gasteiger partial charge < -0.3 is 4.90 Å². The molecule has 1 aliphatic heterocycles. The molecule has 0 amide bonds. The Bertz CT molecular complexity index is 259. The van der Waals surface area contributed by atoms with Gasteiger partial charge in [-0.1, -0.05) is 0 Å². The topological polar surface area (TPSA) is 30.2 Å². The lowest BCUT2D eigenvalue weighted by Gasteiger charge is -2.25. The van der Waals surface area contributed by atoms with Gasteiger partial charge in [-0.2, -0.15) is 7.05 Å². The molecule has 0 fully saturated rings. The van der Waals surface area contributed by atoms with Crippen molar-refractivity contribution in [2.75, 3.05) is 6.54 Å². The summed E-state index contributed by atoms with van der Waals surface area (Å²) < 4.78 is 0. The lowest BCUT2D eigenvalue weighted by atomic mass is 10.1. The average molecular weight is 149 g/mol. The Balaban J connectivity index is 2.34. The van der Waals surface area contributed by atoms with E-state index >= 15 is 0 Å². The molecule has 0 saturated carbocycles.